The van der Waals surface area contributed by atoms with Crippen LogP contribution in [0, 0.1) is 23.5 Å². The molecule has 1 aliphatic carbocycles. The van der Waals surface area contributed by atoms with E-state index in [2.05, 4.69) is 10.6 Å². The van der Waals surface area contributed by atoms with Gasteiger partial charge in [-0.05, 0) is 75.8 Å². The molecule has 2 fully saturated rings. The Morgan fingerprint density at radius 2 is 1.52 bits per heavy atom. The number of hydrogen-bond donors (Lipinski definition) is 3. The molecule has 1 saturated heterocycles. The van der Waals surface area contributed by atoms with E-state index in [1.165, 1.54) is 31.3 Å². The van der Waals surface area contributed by atoms with E-state index in [1.807, 2.05) is 20.8 Å². The number of methoxy groups -OCH3 is 2. The second-order valence-electron chi connectivity index (χ2n) is 16.5. The highest BCUT2D eigenvalue weighted by atomic mass is 19.1. The quantitative estimate of drug-likeness (QED) is 0.151. The molecular weight excluding hydrogens is 782 g/mol. The normalized spacial score (nSPS) is 18.5. The van der Waals surface area contributed by atoms with Gasteiger partial charge in [-0.3, -0.25) is 33.6 Å². The lowest BCUT2D eigenvalue weighted by Gasteiger charge is -2.35. The number of hydrogen-bond acceptors (Lipinski definition) is 10. The van der Waals surface area contributed by atoms with Crippen molar-refractivity contribution in [2.45, 2.75) is 128 Å². The van der Waals surface area contributed by atoms with Crippen LogP contribution >= 0.6 is 0 Å². The van der Waals surface area contributed by atoms with Gasteiger partial charge in [0.25, 0.3) is 5.91 Å². The summed E-state index contributed by atoms with van der Waals surface area (Å²) >= 11 is 0. The molecule has 1 aliphatic heterocycles. The summed E-state index contributed by atoms with van der Waals surface area (Å²) in [6, 6.07) is 4.00. The zero-order chi connectivity index (χ0) is 44.3. The highest BCUT2D eigenvalue weighted by molar-refractivity contribution is 6.38. The van der Waals surface area contributed by atoms with Crippen LogP contribution in [0.2, 0.25) is 0 Å². The number of benzene rings is 2. The lowest BCUT2D eigenvalue weighted by atomic mass is 9.82. The molecule has 16 heteroatoms. The molecule has 2 unspecified atom stereocenters. The van der Waals surface area contributed by atoms with Crippen LogP contribution in [0.1, 0.15) is 120 Å². The number of ether oxygens (including phenoxy) is 3. The number of nitrogens with one attached hydrogen (secondary N) is 2. The van der Waals surface area contributed by atoms with E-state index in [9.17, 15) is 42.3 Å². The smallest absolute Gasteiger partial charge is 0.257 e. The first kappa shape index (κ1) is 47.4. The average Bonchev–Trinajstić information content (AvgIpc) is 3.62. The van der Waals surface area contributed by atoms with Crippen LogP contribution in [0.15, 0.2) is 36.4 Å². The third kappa shape index (κ3) is 12.6. The lowest BCUT2D eigenvalue weighted by Crippen LogP contribution is -2.55. The van der Waals surface area contributed by atoms with Crippen molar-refractivity contribution < 1.29 is 56.6 Å². The van der Waals surface area contributed by atoms with Gasteiger partial charge in [-0.15, -0.1) is 0 Å². The molecule has 1 heterocycles. The van der Waals surface area contributed by atoms with Gasteiger partial charge >= 0.3 is 0 Å². The van der Waals surface area contributed by atoms with Gasteiger partial charge in [0.1, 0.15) is 40.8 Å². The van der Waals surface area contributed by atoms with Crippen LogP contribution in [0.5, 0.6) is 11.5 Å². The maximum absolute atomic E-state index is 14.7. The van der Waals surface area contributed by atoms with E-state index in [4.69, 9.17) is 19.9 Å². The second-order valence-corrected chi connectivity index (χ2v) is 16.5. The van der Waals surface area contributed by atoms with Crippen molar-refractivity contribution in [1.29, 1.82) is 0 Å². The fraction of sp³-hybridized carbons (Fsp3) is 0.568. The molecule has 0 aromatic heterocycles. The van der Waals surface area contributed by atoms with Crippen LogP contribution in [0.25, 0.3) is 0 Å². The maximum Gasteiger partial charge on any atom is 0.257 e. The van der Waals surface area contributed by atoms with E-state index in [1.54, 1.807) is 13.0 Å². The number of Topliss-reactive ketones (excluding diaryl/α,β-unsaturated/α-hetero) is 3. The Hall–Kier alpha value is -5.25. The van der Waals surface area contributed by atoms with Crippen LogP contribution in [0.4, 0.5) is 8.78 Å². The zero-order valence-corrected chi connectivity index (χ0v) is 35.3. The summed E-state index contributed by atoms with van der Waals surface area (Å²) in [4.78, 5) is 95.9. The molecule has 2 aliphatic rings. The molecule has 0 bridgehead atoms. The van der Waals surface area contributed by atoms with Crippen LogP contribution in [-0.4, -0.2) is 90.4 Å². The van der Waals surface area contributed by atoms with Crippen LogP contribution < -0.4 is 25.8 Å². The summed E-state index contributed by atoms with van der Waals surface area (Å²) in [6.07, 6.45) is 2.34. The third-order valence-corrected chi connectivity index (χ3v) is 10.9. The number of nitrogens with zero attached hydrogens (tertiary/aromatic N) is 1. The van der Waals surface area contributed by atoms with Gasteiger partial charge in [-0.2, -0.15) is 0 Å². The summed E-state index contributed by atoms with van der Waals surface area (Å²) in [5.41, 5.74) is 4.39. The number of carbonyl (C=O) groups excluding carboxylic acids is 7. The summed E-state index contributed by atoms with van der Waals surface area (Å²) in [6.45, 7) is 7.25. The number of rotatable bonds is 20. The number of nitrogens with two attached hydrogens (primary N) is 1. The molecule has 0 radical (unpaired) electrons. The Morgan fingerprint density at radius 1 is 0.900 bits per heavy atom. The lowest BCUT2D eigenvalue weighted by molar-refractivity contribution is -0.143. The minimum absolute atomic E-state index is 0.0189. The predicted molar refractivity (Wildman–Crippen MR) is 216 cm³/mol. The molecule has 60 heavy (non-hydrogen) atoms. The van der Waals surface area contributed by atoms with Crippen molar-refractivity contribution in [3.8, 4) is 11.5 Å². The van der Waals surface area contributed by atoms with Gasteiger partial charge in [-0.1, -0.05) is 38.7 Å². The fourth-order valence-corrected chi connectivity index (χ4v) is 8.07. The molecule has 328 valence electrons. The second kappa shape index (κ2) is 21.3. The summed E-state index contributed by atoms with van der Waals surface area (Å²) < 4.78 is 46.1. The Balaban J connectivity index is 1.51. The molecule has 0 spiro atoms. The Kier molecular flexibility index (Phi) is 16.9. The summed E-state index contributed by atoms with van der Waals surface area (Å²) in [5.74, 6) is -8.44. The minimum atomic E-state index is -1.30. The number of carbonyl (C=O) groups is 7. The van der Waals surface area contributed by atoms with Gasteiger partial charge in [0.15, 0.2) is 11.6 Å². The monoisotopic (exact) mass is 840 g/mol. The molecule has 14 nitrogen and oxygen atoms in total. The van der Waals surface area contributed by atoms with Crippen molar-refractivity contribution in [3.05, 3.63) is 59.2 Å². The largest absolute Gasteiger partial charge is 0.497 e. The first-order valence-corrected chi connectivity index (χ1v) is 20.5. The van der Waals surface area contributed by atoms with Crippen molar-refractivity contribution in [1.82, 2.24) is 15.5 Å². The van der Waals surface area contributed by atoms with Crippen molar-refractivity contribution >= 4 is 41.0 Å². The molecular formula is C44H58F2N4O10. The molecule has 1 saturated carbocycles. The third-order valence-electron chi connectivity index (χ3n) is 10.9. The zero-order valence-electron chi connectivity index (χ0n) is 35.3. The molecule has 2 aromatic carbocycles. The van der Waals surface area contributed by atoms with Crippen LogP contribution in [-0.2, 0) is 33.5 Å². The van der Waals surface area contributed by atoms with Gasteiger partial charge in [0.2, 0.25) is 23.5 Å². The van der Waals surface area contributed by atoms with E-state index in [-0.39, 0.29) is 37.3 Å². The number of likely N-dealkylation sites (tertiary alicyclic amines) is 1. The topological polar surface area (TPSA) is 200 Å². The number of ketones is 3. The van der Waals surface area contributed by atoms with Gasteiger partial charge in [0, 0.05) is 44.2 Å². The number of amides is 4. The van der Waals surface area contributed by atoms with E-state index in [0.29, 0.717) is 30.8 Å². The number of primary amides is 1. The molecule has 2 aromatic rings. The van der Waals surface area contributed by atoms with Crippen molar-refractivity contribution in [2.75, 3.05) is 20.8 Å². The van der Waals surface area contributed by atoms with Gasteiger partial charge in [0.05, 0.1) is 32.0 Å². The number of halogens is 2. The van der Waals surface area contributed by atoms with E-state index >= 15 is 0 Å². The molecule has 4 amide bonds. The molecule has 5 atom stereocenters. The Morgan fingerprint density at radius 3 is 2.07 bits per heavy atom. The van der Waals surface area contributed by atoms with Crippen LogP contribution in [0.3, 0.4) is 0 Å². The predicted octanol–water partition coefficient (Wildman–Crippen LogP) is 5.08. The first-order chi connectivity index (χ1) is 28.4. The highest BCUT2D eigenvalue weighted by Crippen LogP contribution is 2.33. The van der Waals surface area contributed by atoms with E-state index < -0.39 is 107 Å². The van der Waals surface area contributed by atoms with Crippen molar-refractivity contribution in [3.63, 3.8) is 0 Å². The highest BCUT2D eigenvalue weighted by Gasteiger charge is 2.46. The summed E-state index contributed by atoms with van der Waals surface area (Å²) in [7, 11) is 2.83. The fourth-order valence-electron chi connectivity index (χ4n) is 8.07. The summed E-state index contributed by atoms with van der Waals surface area (Å²) in [5, 5.41) is 5.10. The SMILES string of the molecule is CCCC(CC(=O)[C@@H]1C[C@@H](OC(C)(C)C)CN1C(=O)[C@@H](NC(=O)c1c(F)cccc1F)C1CCCCC1)C(=O)C(=O)CCC(=O)NC(C(N)=O)c1cc(OC)cc(OC)c1. The van der Waals surface area contributed by atoms with E-state index in [0.717, 1.165) is 37.5 Å². The molecule has 4 N–H and O–H groups in total. The first-order valence-electron chi connectivity index (χ1n) is 20.5. The van der Waals surface area contributed by atoms with Crippen molar-refractivity contribution in [2.24, 2.45) is 17.6 Å². The minimum Gasteiger partial charge on any atom is -0.497 e. The standard InChI is InChI=1S/C44H58F2N4O10/c1-7-12-26(40(54)34(51)17-18-36(53)48-38(41(47)55)27-19-28(58-5)22-29(20-27)59-6)21-35(52)33-23-30(60-44(2,3)4)24-50(33)43(57)39(25-13-9-8-10-14-25)49-42(56)37-31(45)15-11-16-32(37)46/h11,15-16,19-20,22,25-26,30,33,38-39H,7-10,12-14,17-18,21,23-24H2,1-6H3,(H2,47,55)(H,48,53)(H,49,56)/t26?,30-,33+,38?,39+/m1/s1. The Bertz CT molecular complexity index is 1870. The maximum atomic E-state index is 14.7. The van der Waals surface area contributed by atoms with Gasteiger partial charge in [-0.25, -0.2) is 8.78 Å². The average molecular weight is 841 g/mol. The molecule has 4 rings (SSSR count). The Labute approximate surface area is 349 Å². The van der Waals surface area contributed by atoms with Gasteiger partial charge < -0.3 is 35.5 Å².